The first-order valence-electron chi connectivity index (χ1n) is 7.15. The highest BCUT2D eigenvalue weighted by Gasteiger charge is 2.09. The Hall–Kier alpha value is -3.61. The van der Waals surface area contributed by atoms with Gasteiger partial charge in [-0.2, -0.15) is 5.10 Å². The van der Waals surface area contributed by atoms with Crippen LogP contribution in [0.1, 0.15) is 5.56 Å². The lowest BCUT2D eigenvalue weighted by Gasteiger charge is -2.19. The summed E-state index contributed by atoms with van der Waals surface area (Å²) < 4.78 is 0. The van der Waals surface area contributed by atoms with Crippen molar-refractivity contribution >= 4 is 17.6 Å². The third-order valence-corrected chi connectivity index (χ3v) is 3.26. The van der Waals surface area contributed by atoms with Crippen molar-refractivity contribution in [3.05, 3.63) is 87.1 Å². The highest BCUT2D eigenvalue weighted by molar-refractivity contribution is 5.83. The molecular formula is C17H14N4O3. The van der Waals surface area contributed by atoms with E-state index in [4.69, 9.17) is 0 Å². The lowest BCUT2D eigenvalue weighted by Crippen LogP contribution is -2.25. The van der Waals surface area contributed by atoms with Crippen LogP contribution in [0.5, 0.6) is 5.88 Å². The van der Waals surface area contributed by atoms with Crippen LogP contribution < -0.4 is 16.3 Å². The fourth-order valence-corrected chi connectivity index (χ4v) is 2.14. The summed E-state index contributed by atoms with van der Waals surface area (Å²) in [5, 5.41) is 15.6. The summed E-state index contributed by atoms with van der Waals surface area (Å²) in [4.78, 5) is 27.1. The molecule has 0 amide bonds. The maximum absolute atomic E-state index is 11.8. The summed E-state index contributed by atoms with van der Waals surface area (Å²) >= 11 is 0. The molecule has 1 aromatic heterocycles. The number of nitrogens with zero attached hydrogens (tertiary/aromatic N) is 2. The minimum atomic E-state index is -0.780. The van der Waals surface area contributed by atoms with Crippen molar-refractivity contribution in [3.63, 3.8) is 0 Å². The summed E-state index contributed by atoms with van der Waals surface area (Å²) in [6.45, 7) is 0. The van der Waals surface area contributed by atoms with Gasteiger partial charge in [-0.15, -0.1) is 0 Å². The molecule has 0 radical (unpaired) electrons. The molecule has 0 aliphatic rings. The van der Waals surface area contributed by atoms with Gasteiger partial charge in [-0.3, -0.25) is 14.8 Å². The van der Waals surface area contributed by atoms with E-state index in [1.54, 1.807) is 5.01 Å². The van der Waals surface area contributed by atoms with Crippen LogP contribution in [0.2, 0.25) is 0 Å². The molecule has 0 atom stereocenters. The zero-order chi connectivity index (χ0) is 16.9. The van der Waals surface area contributed by atoms with Gasteiger partial charge >= 0.3 is 5.69 Å². The molecule has 120 valence electrons. The number of rotatable bonds is 4. The minimum absolute atomic E-state index is 0.133. The fraction of sp³-hybridized carbons (Fsp3) is 0. The Morgan fingerprint density at radius 3 is 1.92 bits per heavy atom. The van der Waals surface area contributed by atoms with Crippen molar-refractivity contribution in [2.24, 2.45) is 5.10 Å². The second kappa shape index (κ2) is 6.66. The number of nitrogens with one attached hydrogen (secondary N) is 2. The van der Waals surface area contributed by atoms with Gasteiger partial charge in [0.05, 0.1) is 17.6 Å². The molecule has 0 saturated carbocycles. The van der Waals surface area contributed by atoms with E-state index in [9.17, 15) is 14.7 Å². The Morgan fingerprint density at radius 1 is 0.875 bits per heavy atom. The van der Waals surface area contributed by atoms with E-state index in [1.165, 1.54) is 6.21 Å². The van der Waals surface area contributed by atoms with Crippen LogP contribution in [0.3, 0.4) is 0 Å². The molecule has 0 aliphatic heterocycles. The molecule has 0 spiro atoms. The monoisotopic (exact) mass is 322 g/mol. The molecule has 24 heavy (non-hydrogen) atoms. The molecule has 0 saturated heterocycles. The molecule has 7 heteroatoms. The number of aromatic amines is 2. The first-order chi connectivity index (χ1) is 11.6. The van der Waals surface area contributed by atoms with Crippen molar-refractivity contribution in [1.29, 1.82) is 0 Å². The third kappa shape index (κ3) is 3.25. The minimum Gasteiger partial charge on any atom is -0.494 e. The standard InChI is InChI=1S/C17H14N4O3/c22-15-14(16(23)20-17(24)19-15)11-18-21(12-7-3-1-4-8-12)13-9-5-2-6-10-13/h1-11H,(H3,19,20,22,23,24). The maximum atomic E-state index is 11.8. The van der Waals surface area contributed by atoms with Crippen LogP contribution in [-0.4, -0.2) is 21.3 Å². The molecular weight excluding hydrogens is 308 g/mol. The van der Waals surface area contributed by atoms with Gasteiger partial charge in [0.15, 0.2) is 0 Å². The quantitative estimate of drug-likeness (QED) is 0.504. The Labute approximate surface area is 136 Å². The van der Waals surface area contributed by atoms with Gasteiger partial charge in [0, 0.05) is 0 Å². The molecule has 7 nitrogen and oxygen atoms in total. The zero-order valence-corrected chi connectivity index (χ0v) is 12.5. The first-order valence-corrected chi connectivity index (χ1v) is 7.15. The summed E-state index contributed by atoms with van der Waals surface area (Å²) in [7, 11) is 0. The number of hydrogen-bond donors (Lipinski definition) is 3. The van der Waals surface area contributed by atoms with Gasteiger partial charge in [-0.05, 0) is 24.3 Å². The highest BCUT2D eigenvalue weighted by Crippen LogP contribution is 2.25. The fourth-order valence-electron chi connectivity index (χ4n) is 2.14. The molecule has 0 unspecified atom stereocenters. The Balaban J connectivity index is 2.05. The summed E-state index contributed by atoms with van der Waals surface area (Å²) in [6.07, 6.45) is 1.20. The van der Waals surface area contributed by atoms with Crippen LogP contribution >= 0.6 is 0 Å². The topological polar surface area (TPSA) is 102 Å². The average molecular weight is 322 g/mol. The number of aromatic hydroxyl groups is 1. The van der Waals surface area contributed by atoms with Crippen molar-refractivity contribution in [2.45, 2.75) is 0 Å². The molecule has 0 bridgehead atoms. The van der Waals surface area contributed by atoms with Gasteiger partial charge in [0.1, 0.15) is 5.56 Å². The van der Waals surface area contributed by atoms with Crippen molar-refractivity contribution in [2.75, 3.05) is 5.01 Å². The number of H-pyrrole nitrogens is 2. The molecule has 3 aromatic rings. The zero-order valence-electron chi connectivity index (χ0n) is 12.5. The number of hydrogen-bond acceptors (Lipinski definition) is 5. The van der Waals surface area contributed by atoms with Crippen LogP contribution in [0.15, 0.2) is 75.4 Å². The van der Waals surface area contributed by atoms with E-state index in [-0.39, 0.29) is 5.56 Å². The summed E-state index contributed by atoms with van der Waals surface area (Å²) in [6, 6.07) is 18.7. The van der Waals surface area contributed by atoms with Crippen LogP contribution in [-0.2, 0) is 0 Å². The van der Waals surface area contributed by atoms with Crippen molar-refractivity contribution < 1.29 is 5.11 Å². The van der Waals surface area contributed by atoms with E-state index in [1.807, 2.05) is 65.6 Å². The Kier molecular flexibility index (Phi) is 4.24. The van der Waals surface area contributed by atoms with Crippen molar-refractivity contribution in [3.8, 4) is 5.88 Å². The van der Waals surface area contributed by atoms with Crippen LogP contribution in [0, 0.1) is 0 Å². The van der Waals surface area contributed by atoms with Gasteiger partial charge in [-0.1, -0.05) is 36.4 Å². The van der Waals surface area contributed by atoms with E-state index in [0.29, 0.717) is 0 Å². The molecule has 0 fully saturated rings. The molecule has 3 rings (SSSR count). The van der Waals surface area contributed by atoms with Crippen LogP contribution in [0.25, 0.3) is 0 Å². The molecule has 2 aromatic carbocycles. The Morgan fingerprint density at radius 2 is 1.42 bits per heavy atom. The third-order valence-electron chi connectivity index (χ3n) is 3.26. The molecule has 1 heterocycles. The number of para-hydroxylation sites is 2. The first kappa shape index (κ1) is 15.3. The number of hydrazone groups is 1. The van der Waals surface area contributed by atoms with Gasteiger partial charge in [-0.25, -0.2) is 9.80 Å². The average Bonchev–Trinajstić information content (AvgIpc) is 2.59. The van der Waals surface area contributed by atoms with Crippen LogP contribution in [0.4, 0.5) is 11.4 Å². The number of benzene rings is 2. The number of anilines is 2. The second-order valence-corrected chi connectivity index (χ2v) is 4.90. The lowest BCUT2D eigenvalue weighted by atomic mass is 10.2. The van der Waals surface area contributed by atoms with E-state index in [2.05, 4.69) is 10.1 Å². The predicted octanol–water partition coefficient (Wildman–Crippen LogP) is 1.94. The summed E-state index contributed by atoms with van der Waals surface area (Å²) in [5.74, 6) is -0.534. The van der Waals surface area contributed by atoms with E-state index in [0.717, 1.165) is 11.4 Å². The predicted molar refractivity (Wildman–Crippen MR) is 92.0 cm³/mol. The summed E-state index contributed by atoms with van der Waals surface area (Å²) in [5.41, 5.74) is -0.0780. The SMILES string of the molecule is O=c1[nH]c(O)c(C=NN(c2ccccc2)c2ccccc2)c(=O)[nH]1. The normalized spacial score (nSPS) is 10.8. The van der Waals surface area contributed by atoms with Crippen molar-refractivity contribution in [1.82, 2.24) is 9.97 Å². The van der Waals surface area contributed by atoms with E-state index < -0.39 is 17.1 Å². The lowest BCUT2D eigenvalue weighted by molar-refractivity contribution is 0.447. The molecule has 3 N–H and O–H groups in total. The smallest absolute Gasteiger partial charge is 0.328 e. The largest absolute Gasteiger partial charge is 0.494 e. The number of aromatic nitrogens is 2. The second-order valence-electron chi connectivity index (χ2n) is 4.90. The Bertz CT molecular complexity index is 923. The van der Waals surface area contributed by atoms with Gasteiger partial charge < -0.3 is 5.11 Å². The molecule has 0 aliphatic carbocycles. The highest BCUT2D eigenvalue weighted by atomic mass is 16.3. The van der Waals surface area contributed by atoms with Gasteiger partial charge in [0.2, 0.25) is 5.88 Å². The van der Waals surface area contributed by atoms with E-state index >= 15 is 0 Å². The van der Waals surface area contributed by atoms with Gasteiger partial charge in [0.25, 0.3) is 5.56 Å². The maximum Gasteiger partial charge on any atom is 0.328 e.